The Morgan fingerprint density at radius 1 is 1.08 bits per heavy atom. The Bertz CT molecular complexity index is 2030. The van der Waals surface area contributed by atoms with Crippen LogP contribution in [-0.2, 0) is 38.7 Å². The van der Waals surface area contributed by atoms with Gasteiger partial charge in [-0.15, -0.1) is 0 Å². The van der Waals surface area contributed by atoms with Crippen LogP contribution in [-0.4, -0.2) is 78.2 Å². The molecule has 1 saturated heterocycles. The van der Waals surface area contributed by atoms with Crippen molar-refractivity contribution in [1.29, 1.82) is 0 Å². The number of aromatic nitrogens is 5. The van der Waals surface area contributed by atoms with Crippen LogP contribution in [0.3, 0.4) is 0 Å². The molecule has 2 fully saturated rings. The van der Waals surface area contributed by atoms with E-state index in [1.165, 1.54) is 6.92 Å². The molecule has 13 heteroatoms. The van der Waals surface area contributed by atoms with Crippen molar-refractivity contribution in [3.05, 3.63) is 70.1 Å². The molecule has 1 aromatic carbocycles. The zero-order valence-corrected chi connectivity index (χ0v) is 30.2. The summed E-state index contributed by atoms with van der Waals surface area (Å²) in [6.07, 6.45) is 6.02. The van der Waals surface area contributed by atoms with Crippen molar-refractivity contribution in [3.63, 3.8) is 0 Å². The summed E-state index contributed by atoms with van der Waals surface area (Å²) in [5, 5.41) is 8.39. The monoisotopic (exact) mass is 741 g/mol. The van der Waals surface area contributed by atoms with Crippen molar-refractivity contribution in [3.8, 4) is 11.1 Å². The Labute approximate surface area is 298 Å². The quantitative estimate of drug-likeness (QED) is 0.230. The van der Waals surface area contributed by atoms with Crippen LogP contribution in [0.15, 0.2) is 47.3 Å². The third-order valence-corrected chi connectivity index (χ3v) is 10.9. The molecule has 50 heavy (non-hydrogen) atoms. The van der Waals surface area contributed by atoms with E-state index in [1.807, 2.05) is 51.1 Å². The van der Waals surface area contributed by atoms with E-state index in [-0.39, 0.29) is 48.1 Å². The summed E-state index contributed by atoms with van der Waals surface area (Å²) in [5.74, 6) is 0.00171. The zero-order chi connectivity index (χ0) is 35.4. The minimum absolute atomic E-state index is 0.0411. The Hall–Kier alpha value is -4.36. The van der Waals surface area contributed by atoms with Crippen LogP contribution in [0, 0.1) is 17.8 Å². The standard InChI is InChI=1S/C37H40BrN7O5/c1-21(46)34-26-12-23(25-16-39-22(2)40-17-25)6-8-28(26)44(43-34)18-33(48)45-29-14-37(15-31(37)45)20-41-35(49)36(3,4)10-5-11-50-19-24-7-9-32(38)42-27(24)13-30(29)47/h6-9,12,16-17,29,31H,5,10-11,13-15,18-20H2,1-4H3,(H,41,49)/t29-,31+,37-/m0/s1. The maximum Gasteiger partial charge on any atom is 0.245 e. The number of amides is 2. The lowest BCUT2D eigenvalue weighted by molar-refractivity contribution is -0.139. The lowest BCUT2D eigenvalue weighted by Gasteiger charge is -2.27. The topological polar surface area (TPSA) is 149 Å². The number of benzene rings is 1. The van der Waals surface area contributed by atoms with Gasteiger partial charge in [0.2, 0.25) is 11.8 Å². The number of ether oxygens (including phenoxy) is 1. The van der Waals surface area contributed by atoms with E-state index < -0.39 is 16.9 Å². The summed E-state index contributed by atoms with van der Waals surface area (Å²) in [7, 11) is 0. The average molecular weight is 743 g/mol. The fraction of sp³-hybridized carbons (Fsp3) is 0.459. The average Bonchev–Trinajstić information content (AvgIpc) is 3.50. The molecule has 2 amide bonds. The van der Waals surface area contributed by atoms with Crippen LogP contribution in [0.5, 0.6) is 0 Å². The third-order valence-electron chi connectivity index (χ3n) is 10.5. The van der Waals surface area contributed by atoms with E-state index in [0.29, 0.717) is 72.5 Å². The second-order valence-electron chi connectivity index (χ2n) is 14.5. The molecule has 1 saturated carbocycles. The molecule has 3 aromatic heterocycles. The summed E-state index contributed by atoms with van der Waals surface area (Å²) in [6, 6.07) is 8.44. The molecule has 2 aliphatic heterocycles. The lowest BCUT2D eigenvalue weighted by Crippen LogP contribution is -2.45. The van der Waals surface area contributed by atoms with Gasteiger partial charge in [-0.1, -0.05) is 26.0 Å². The first kappa shape index (κ1) is 34.1. The van der Waals surface area contributed by atoms with Crippen LogP contribution < -0.4 is 5.32 Å². The van der Waals surface area contributed by atoms with Gasteiger partial charge in [0, 0.05) is 60.3 Å². The minimum Gasteiger partial charge on any atom is -0.377 e. The molecule has 2 bridgehead atoms. The number of Topliss-reactive ketones (excluding diaryl/α,β-unsaturated/α-hetero) is 2. The highest BCUT2D eigenvalue weighted by Crippen LogP contribution is 2.59. The summed E-state index contributed by atoms with van der Waals surface area (Å²) < 4.78 is 8.13. The number of likely N-dealkylation sites (tertiary alicyclic amines) is 1. The maximum atomic E-state index is 14.4. The molecular weight excluding hydrogens is 702 g/mol. The number of ketones is 2. The van der Waals surface area contributed by atoms with Crippen LogP contribution in [0.2, 0.25) is 0 Å². The molecule has 0 unspecified atom stereocenters. The lowest BCUT2D eigenvalue weighted by atomic mass is 9.86. The number of fused-ring (bicyclic) bond motifs is 3. The minimum atomic E-state index is -0.698. The zero-order valence-electron chi connectivity index (χ0n) is 28.7. The highest BCUT2D eigenvalue weighted by atomic mass is 79.9. The van der Waals surface area contributed by atoms with E-state index in [2.05, 4.69) is 41.3 Å². The number of carbonyl (C=O) groups is 4. The highest BCUT2D eigenvalue weighted by Gasteiger charge is 2.67. The van der Waals surface area contributed by atoms with Crippen molar-refractivity contribution >= 4 is 50.2 Å². The molecular formula is C37H40BrN7O5. The first-order valence-electron chi connectivity index (χ1n) is 17.0. The van der Waals surface area contributed by atoms with Gasteiger partial charge in [-0.25, -0.2) is 15.0 Å². The van der Waals surface area contributed by atoms with Crippen molar-refractivity contribution in [2.75, 3.05) is 13.2 Å². The van der Waals surface area contributed by atoms with Gasteiger partial charge >= 0.3 is 0 Å². The highest BCUT2D eigenvalue weighted by molar-refractivity contribution is 9.10. The first-order valence-corrected chi connectivity index (χ1v) is 17.8. The normalized spacial score (nSPS) is 23.7. The number of pyridine rings is 1. The van der Waals surface area contributed by atoms with Crippen LogP contribution in [0.25, 0.3) is 22.0 Å². The van der Waals surface area contributed by atoms with Gasteiger partial charge in [0.05, 0.1) is 30.3 Å². The van der Waals surface area contributed by atoms with Crippen LogP contribution in [0.1, 0.15) is 74.0 Å². The van der Waals surface area contributed by atoms with Gasteiger partial charge in [-0.05, 0) is 77.9 Å². The second kappa shape index (κ2) is 13.1. The molecule has 1 spiro atoms. The Morgan fingerprint density at radius 3 is 2.62 bits per heavy atom. The van der Waals surface area contributed by atoms with E-state index in [0.717, 1.165) is 16.7 Å². The third kappa shape index (κ3) is 6.48. The largest absolute Gasteiger partial charge is 0.377 e. The summed E-state index contributed by atoms with van der Waals surface area (Å²) >= 11 is 3.45. The summed E-state index contributed by atoms with van der Waals surface area (Å²) in [4.78, 5) is 69.6. The molecule has 12 nitrogen and oxygen atoms in total. The van der Waals surface area contributed by atoms with Crippen molar-refractivity contribution in [2.24, 2.45) is 10.8 Å². The SMILES string of the molecule is CC(=O)c1nn(CC(=O)N2[C@H]3C[C@@]4(CNC(=O)C(C)(C)CCCOCc5ccc(Br)nc5CC3=O)C[C@@H]24)c2ccc(-c3cnc(C)nc3)cc12. The van der Waals surface area contributed by atoms with Gasteiger partial charge in [-0.3, -0.25) is 23.9 Å². The summed E-state index contributed by atoms with van der Waals surface area (Å²) in [5.41, 5.74) is 2.96. The van der Waals surface area contributed by atoms with E-state index >= 15 is 0 Å². The Balaban J connectivity index is 1.21. The van der Waals surface area contributed by atoms with Crippen molar-refractivity contribution in [1.82, 2.24) is 34.9 Å². The van der Waals surface area contributed by atoms with Crippen LogP contribution >= 0.6 is 15.9 Å². The number of hydrogen-bond acceptors (Lipinski definition) is 9. The van der Waals surface area contributed by atoms with E-state index in [1.54, 1.807) is 22.0 Å². The van der Waals surface area contributed by atoms with Gasteiger partial charge in [0.1, 0.15) is 22.7 Å². The number of rotatable bonds is 4. The summed E-state index contributed by atoms with van der Waals surface area (Å²) in [6.45, 7) is 8.13. The molecule has 1 N–H and O–H groups in total. The van der Waals surface area contributed by atoms with Crippen molar-refractivity contribution < 1.29 is 23.9 Å². The van der Waals surface area contributed by atoms with E-state index in [9.17, 15) is 19.2 Å². The molecule has 0 radical (unpaired) electrons. The van der Waals surface area contributed by atoms with Gasteiger partial charge < -0.3 is 15.0 Å². The number of hydrogen-bond donors (Lipinski definition) is 1. The predicted molar refractivity (Wildman–Crippen MR) is 188 cm³/mol. The molecule has 3 atom stereocenters. The number of piperidine rings is 1. The molecule has 7 rings (SSSR count). The van der Waals surface area contributed by atoms with Gasteiger partial charge in [0.15, 0.2) is 11.6 Å². The molecule has 4 aromatic rings. The molecule has 3 aliphatic rings. The second-order valence-corrected chi connectivity index (χ2v) is 15.3. The molecule has 5 heterocycles. The Morgan fingerprint density at radius 2 is 1.86 bits per heavy atom. The molecule has 1 aliphatic carbocycles. The smallest absolute Gasteiger partial charge is 0.245 e. The number of carbonyl (C=O) groups excluding carboxylic acids is 4. The maximum absolute atomic E-state index is 14.4. The predicted octanol–water partition coefficient (Wildman–Crippen LogP) is 4.79. The van der Waals surface area contributed by atoms with E-state index in [4.69, 9.17) is 4.74 Å². The molecule has 260 valence electrons. The number of aryl methyl sites for hydroxylation is 1. The Kier molecular flexibility index (Phi) is 8.92. The van der Waals surface area contributed by atoms with Crippen molar-refractivity contribution in [2.45, 2.75) is 85.0 Å². The number of nitrogens with zero attached hydrogens (tertiary/aromatic N) is 6. The van der Waals surface area contributed by atoms with Gasteiger partial charge in [-0.2, -0.15) is 5.10 Å². The van der Waals surface area contributed by atoms with Gasteiger partial charge in [0.25, 0.3) is 0 Å². The number of nitrogens with one attached hydrogen (secondary N) is 1. The number of halogens is 1. The van der Waals surface area contributed by atoms with Crippen LogP contribution in [0.4, 0.5) is 0 Å². The first-order chi connectivity index (χ1) is 23.8. The fourth-order valence-corrected chi connectivity index (χ4v) is 7.83. The fourth-order valence-electron chi connectivity index (χ4n) is 7.49.